The summed E-state index contributed by atoms with van der Waals surface area (Å²) < 4.78 is 5.76. The minimum Gasteiger partial charge on any atom is -0.491 e. The highest BCUT2D eigenvalue weighted by Crippen LogP contribution is 2.29. The highest BCUT2D eigenvalue weighted by atomic mass is 35.5. The molecular weight excluding hydrogens is 305 g/mol. The maximum atomic E-state index is 6.14. The van der Waals surface area contributed by atoms with E-state index in [1.165, 1.54) is 0 Å². The van der Waals surface area contributed by atoms with Crippen molar-refractivity contribution < 1.29 is 4.74 Å². The predicted molar refractivity (Wildman–Crippen MR) is 90.6 cm³/mol. The second-order valence-electron chi connectivity index (χ2n) is 4.94. The Labute approximate surface area is 136 Å². The molecule has 0 spiro atoms. The van der Waals surface area contributed by atoms with Gasteiger partial charge in [0, 0.05) is 6.54 Å². The van der Waals surface area contributed by atoms with Crippen molar-refractivity contribution in [2.75, 3.05) is 5.32 Å². The molecular formula is C17H19Cl2NO. The molecule has 0 radical (unpaired) electrons. The number of nitrogens with one attached hydrogen (secondary N) is 1. The second-order valence-corrected chi connectivity index (χ2v) is 5.72. The zero-order valence-electron chi connectivity index (χ0n) is 12.2. The third-order valence-corrected chi connectivity index (χ3v) is 4.09. The van der Waals surface area contributed by atoms with Crippen LogP contribution in [0.1, 0.15) is 25.8 Å². The van der Waals surface area contributed by atoms with E-state index in [-0.39, 0.29) is 6.10 Å². The molecule has 0 aliphatic heterocycles. The Morgan fingerprint density at radius 2 is 1.81 bits per heavy atom. The molecule has 0 saturated heterocycles. The molecule has 21 heavy (non-hydrogen) atoms. The predicted octanol–water partition coefficient (Wildman–Crippen LogP) is 5.78. The van der Waals surface area contributed by atoms with Gasteiger partial charge < -0.3 is 10.1 Å². The Morgan fingerprint density at radius 1 is 1.10 bits per heavy atom. The molecule has 4 heteroatoms. The van der Waals surface area contributed by atoms with Gasteiger partial charge in [-0.15, -0.1) is 0 Å². The van der Waals surface area contributed by atoms with Crippen molar-refractivity contribution in [2.45, 2.75) is 32.9 Å². The van der Waals surface area contributed by atoms with Gasteiger partial charge in [-0.2, -0.15) is 0 Å². The number of ether oxygens (including phenoxy) is 1. The van der Waals surface area contributed by atoms with Crippen LogP contribution in [0.15, 0.2) is 42.5 Å². The van der Waals surface area contributed by atoms with Crippen LogP contribution >= 0.6 is 23.2 Å². The first-order chi connectivity index (χ1) is 10.1. The molecule has 1 unspecified atom stereocenters. The Kier molecular flexibility index (Phi) is 5.77. The van der Waals surface area contributed by atoms with Crippen molar-refractivity contribution in [1.29, 1.82) is 0 Å². The van der Waals surface area contributed by atoms with Gasteiger partial charge in [0.25, 0.3) is 0 Å². The first kappa shape index (κ1) is 16.0. The fourth-order valence-corrected chi connectivity index (χ4v) is 2.21. The summed E-state index contributed by atoms with van der Waals surface area (Å²) >= 11 is 12.1. The molecule has 0 aliphatic rings. The molecule has 2 nitrogen and oxygen atoms in total. The summed E-state index contributed by atoms with van der Waals surface area (Å²) in [6.45, 7) is 4.86. The quantitative estimate of drug-likeness (QED) is 0.727. The van der Waals surface area contributed by atoms with E-state index in [9.17, 15) is 0 Å². The van der Waals surface area contributed by atoms with Crippen LogP contribution in [0, 0.1) is 0 Å². The van der Waals surface area contributed by atoms with Gasteiger partial charge in [-0.1, -0.05) is 48.3 Å². The normalized spacial score (nSPS) is 12.0. The molecule has 0 aromatic heterocycles. The van der Waals surface area contributed by atoms with Gasteiger partial charge in [0.15, 0.2) is 0 Å². The van der Waals surface area contributed by atoms with Crippen LogP contribution < -0.4 is 10.1 Å². The zero-order valence-corrected chi connectivity index (χ0v) is 13.7. The third-order valence-electron chi connectivity index (χ3n) is 3.27. The molecule has 1 atom stereocenters. The van der Waals surface area contributed by atoms with E-state index in [4.69, 9.17) is 27.9 Å². The summed E-state index contributed by atoms with van der Waals surface area (Å²) in [7, 11) is 0. The van der Waals surface area contributed by atoms with Gasteiger partial charge in [-0.05, 0) is 43.2 Å². The average Bonchev–Trinajstić information content (AvgIpc) is 2.50. The number of rotatable bonds is 6. The number of hydrogen-bond donors (Lipinski definition) is 1. The van der Waals surface area contributed by atoms with Gasteiger partial charge in [0.2, 0.25) is 0 Å². The van der Waals surface area contributed by atoms with Gasteiger partial charge >= 0.3 is 0 Å². The SMILES string of the molecule is CCC(C)Oc1ccc(CNc2cccc(Cl)c2Cl)cc1. The molecule has 112 valence electrons. The minimum atomic E-state index is 0.235. The summed E-state index contributed by atoms with van der Waals surface area (Å²) in [5, 5.41) is 4.39. The van der Waals surface area contributed by atoms with E-state index < -0.39 is 0 Å². The fraction of sp³-hybridized carbons (Fsp3) is 0.294. The first-order valence-electron chi connectivity index (χ1n) is 7.03. The molecule has 0 aliphatic carbocycles. The Bertz CT molecular complexity index is 584. The van der Waals surface area contributed by atoms with Crippen LogP contribution in [0.2, 0.25) is 10.0 Å². The molecule has 0 fully saturated rings. The molecule has 0 amide bonds. The maximum absolute atomic E-state index is 6.14. The lowest BCUT2D eigenvalue weighted by Crippen LogP contribution is -2.09. The van der Waals surface area contributed by atoms with Crippen LogP contribution in [0.5, 0.6) is 5.75 Å². The smallest absolute Gasteiger partial charge is 0.119 e. The molecule has 1 N–H and O–H groups in total. The maximum Gasteiger partial charge on any atom is 0.119 e. The number of halogens is 2. The van der Waals surface area contributed by atoms with Crippen molar-refractivity contribution in [3.8, 4) is 5.75 Å². The Morgan fingerprint density at radius 3 is 2.48 bits per heavy atom. The Hall–Kier alpha value is -1.38. The Balaban J connectivity index is 1.96. The van der Waals surface area contributed by atoms with Crippen LogP contribution in [0.3, 0.4) is 0 Å². The van der Waals surface area contributed by atoms with Crippen LogP contribution in [0.4, 0.5) is 5.69 Å². The van der Waals surface area contributed by atoms with Gasteiger partial charge in [0.1, 0.15) is 5.75 Å². The topological polar surface area (TPSA) is 21.3 Å². The lowest BCUT2D eigenvalue weighted by Gasteiger charge is -2.13. The van der Waals surface area contributed by atoms with Crippen molar-refractivity contribution in [2.24, 2.45) is 0 Å². The van der Waals surface area contributed by atoms with Crippen molar-refractivity contribution >= 4 is 28.9 Å². The van der Waals surface area contributed by atoms with Crippen LogP contribution in [0.25, 0.3) is 0 Å². The van der Waals surface area contributed by atoms with Crippen molar-refractivity contribution in [1.82, 2.24) is 0 Å². The molecule has 2 aromatic carbocycles. The lowest BCUT2D eigenvalue weighted by atomic mass is 10.2. The number of hydrogen-bond acceptors (Lipinski definition) is 2. The lowest BCUT2D eigenvalue weighted by molar-refractivity contribution is 0.217. The van der Waals surface area contributed by atoms with Crippen LogP contribution in [-0.4, -0.2) is 6.10 Å². The van der Waals surface area contributed by atoms with Gasteiger partial charge in [-0.3, -0.25) is 0 Å². The largest absolute Gasteiger partial charge is 0.491 e. The van der Waals surface area contributed by atoms with Crippen molar-refractivity contribution in [3.05, 3.63) is 58.1 Å². The van der Waals surface area contributed by atoms with Gasteiger partial charge in [0.05, 0.1) is 21.8 Å². The van der Waals surface area contributed by atoms with Crippen molar-refractivity contribution in [3.63, 3.8) is 0 Å². The molecule has 2 rings (SSSR count). The second kappa shape index (κ2) is 7.58. The summed E-state index contributed by atoms with van der Waals surface area (Å²) in [5.41, 5.74) is 1.99. The standard InChI is InChI=1S/C17H19Cl2NO/c1-3-12(2)21-14-9-7-13(8-10-14)11-20-16-6-4-5-15(18)17(16)19/h4-10,12,20H,3,11H2,1-2H3. The molecule has 2 aromatic rings. The average molecular weight is 324 g/mol. The fourth-order valence-electron chi connectivity index (χ4n) is 1.84. The molecule has 0 saturated carbocycles. The first-order valence-corrected chi connectivity index (χ1v) is 7.79. The van der Waals surface area contributed by atoms with E-state index in [0.717, 1.165) is 23.4 Å². The summed E-state index contributed by atoms with van der Waals surface area (Å²) in [5.74, 6) is 0.897. The molecule has 0 heterocycles. The monoisotopic (exact) mass is 323 g/mol. The molecule has 0 bridgehead atoms. The van der Waals surface area contributed by atoms with E-state index in [1.54, 1.807) is 6.07 Å². The zero-order chi connectivity index (χ0) is 15.2. The summed E-state index contributed by atoms with van der Waals surface area (Å²) in [6.07, 6.45) is 1.23. The third kappa shape index (κ3) is 4.55. The van der Waals surface area contributed by atoms with E-state index >= 15 is 0 Å². The number of anilines is 1. The highest BCUT2D eigenvalue weighted by Gasteiger charge is 2.04. The highest BCUT2D eigenvalue weighted by molar-refractivity contribution is 6.43. The summed E-state index contributed by atoms with van der Waals surface area (Å²) in [4.78, 5) is 0. The summed E-state index contributed by atoms with van der Waals surface area (Å²) in [6, 6.07) is 13.6. The van der Waals surface area contributed by atoms with E-state index in [1.807, 2.05) is 36.4 Å². The van der Waals surface area contributed by atoms with E-state index in [0.29, 0.717) is 16.6 Å². The van der Waals surface area contributed by atoms with Gasteiger partial charge in [-0.25, -0.2) is 0 Å². The van der Waals surface area contributed by atoms with E-state index in [2.05, 4.69) is 19.2 Å². The minimum absolute atomic E-state index is 0.235. The van der Waals surface area contributed by atoms with Crippen LogP contribution in [-0.2, 0) is 6.54 Å². The number of benzene rings is 2.